The smallest absolute Gasteiger partial charge is 0.257 e. The van der Waals surface area contributed by atoms with Gasteiger partial charge in [0.15, 0.2) is 11.5 Å². The SMILES string of the molecule is O=C1Nc2cc3c(cc2C(=O)N2C/C(=N/O)CC12)OCO3. The zero-order valence-corrected chi connectivity index (χ0v) is 10.8. The van der Waals surface area contributed by atoms with Gasteiger partial charge in [-0.1, -0.05) is 5.16 Å². The summed E-state index contributed by atoms with van der Waals surface area (Å²) in [5, 5.41) is 14.7. The fourth-order valence-corrected chi connectivity index (χ4v) is 2.82. The van der Waals surface area contributed by atoms with Gasteiger partial charge in [-0.3, -0.25) is 9.59 Å². The number of hydrogen-bond acceptors (Lipinski definition) is 6. The summed E-state index contributed by atoms with van der Waals surface area (Å²) in [4.78, 5) is 26.3. The molecule has 1 saturated heterocycles. The zero-order valence-electron chi connectivity index (χ0n) is 10.8. The molecule has 2 N–H and O–H groups in total. The number of nitrogens with zero attached hydrogens (tertiary/aromatic N) is 2. The van der Waals surface area contributed by atoms with Crippen LogP contribution in [0.5, 0.6) is 11.5 Å². The predicted molar refractivity (Wildman–Crippen MR) is 69.9 cm³/mol. The minimum atomic E-state index is -0.660. The number of rotatable bonds is 0. The third kappa shape index (κ3) is 1.65. The fraction of sp³-hybridized carbons (Fsp3) is 0.308. The van der Waals surface area contributed by atoms with Crippen molar-refractivity contribution in [2.75, 3.05) is 18.7 Å². The molecular formula is C13H11N3O5. The van der Waals surface area contributed by atoms with E-state index in [0.29, 0.717) is 28.5 Å². The summed E-state index contributed by atoms with van der Waals surface area (Å²) < 4.78 is 10.5. The van der Waals surface area contributed by atoms with Gasteiger partial charge in [0.2, 0.25) is 12.7 Å². The Morgan fingerprint density at radius 2 is 2.05 bits per heavy atom. The molecule has 0 bridgehead atoms. The van der Waals surface area contributed by atoms with Crippen molar-refractivity contribution >= 4 is 23.2 Å². The molecule has 108 valence electrons. The molecule has 1 aromatic rings. The first-order valence-corrected chi connectivity index (χ1v) is 6.42. The molecule has 1 aromatic carbocycles. The van der Waals surface area contributed by atoms with Crippen LogP contribution in [0.3, 0.4) is 0 Å². The number of ether oxygens (including phenoxy) is 2. The van der Waals surface area contributed by atoms with E-state index >= 15 is 0 Å². The third-order valence-electron chi connectivity index (χ3n) is 3.86. The quantitative estimate of drug-likeness (QED) is 0.532. The summed E-state index contributed by atoms with van der Waals surface area (Å²) >= 11 is 0. The number of amides is 2. The molecule has 1 unspecified atom stereocenters. The highest BCUT2D eigenvalue weighted by atomic mass is 16.7. The summed E-state index contributed by atoms with van der Waals surface area (Å²) in [6.45, 7) is 0.231. The van der Waals surface area contributed by atoms with E-state index in [1.165, 1.54) is 4.90 Å². The molecule has 4 rings (SSSR count). The maximum absolute atomic E-state index is 12.6. The number of fused-ring (bicyclic) bond motifs is 3. The summed E-state index contributed by atoms with van der Waals surface area (Å²) in [5.74, 6) is 0.372. The lowest BCUT2D eigenvalue weighted by Gasteiger charge is -2.19. The Kier molecular flexibility index (Phi) is 2.35. The maximum Gasteiger partial charge on any atom is 0.257 e. The number of hydrogen-bond donors (Lipinski definition) is 2. The first-order chi connectivity index (χ1) is 10.2. The van der Waals surface area contributed by atoms with Crippen LogP contribution in [0.4, 0.5) is 5.69 Å². The lowest BCUT2D eigenvalue weighted by molar-refractivity contribution is -0.119. The minimum Gasteiger partial charge on any atom is -0.454 e. The summed E-state index contributed by atoms with van der Waals surface area (Å²) in [5.41, 5.74) is 1.16. The van der Waals surface area contributed by atoms with Crippen LogP contribution in [0, 0.1) is 0 Å². The highest BCUT2D eigenvalue weighted by molar-refractivity contribution is 6.14. The van der Waals surface area contributed by atoms with E-state index in [1.54, 1.807) is 12.1 Å². The highest BCUT2D eigenvalue weighted by Crippen LogP contribution is 2.39. The molecule has 0 saturated carbocycles. The van der Waals surface area contributed by atoms with Gasteiger partial charge < -0.3 is 24.9 Å². The monoisotopic (exact) mass is 289 g/mol. The summed E-state index contributed by atoms with van der Waals surface area (Å²) in [7, 11) is 0. The number of carbonyl (C=O) groups is 2. The van der Waals surface area contributed by atoms with E-state index in [4.69, 9.17) is 14.7 Å². The van der Waals surface area contributed by atoms with Gasteiger partial charge in [-0.25, -0.2) is 0 Å². The Morgan fingerprint density at radius 1 is 1.29 bits per heavy atom. The summed E-state index contributed by atoms with van der Waals surface area (Å²) in [6, 6.07) is 2.50. The zero-order chi connectivity index (χ0) is 14.6. The predicted octanol–water partition coefficient (Wildman–Crippen LogP) is 0.412. The maximum atomic E-state index is 12.6. The largest absolute Gasteiger partial charge is 0.454 e. The normalized spacial score (nSPS) is 24.7. The van der Waals surface area contributed by atoms with Crippen LogP contribution >= 0.6 is 0 Å². The highest BCUT2D eigenvalue weighted by Gasteiger charge is 2.42. The second-order valence-corrected chi connectivity index (χ2v) is 5.06. The molecule has 0 aromatic heterocycles. The molecular weight excluding hydrogens is 278 g/mol. The lowest BCUT2D eigenvalue weighted by Crippen LogP contribution is -2.40. The van der Waals surface area contributed by atoms with Crippen LogP contribution in [-0.2, 0) is 4.79 Å². The van der Waals surface area contributed by atoms with E-state index in [2.05, 4.69) is 10.5 Å². The second kappa shape index (κ2) is 4.11. The first-order valence-electron chi connectivity index (χ1n) is 6.42. The van der Waals surface area contributed by atoms with Crippen LogP contribution in [0.15, 0.2) is 17.3 Å². The molecule has 3 aliphatic rings. The van der Waals surface area contributed by atoms with Gasteiger partial charge >= 0.3 is 0 Å². The molecule has 0 radical (unpaired) electrons. The van der Waals surface area contributed by atoms with Gasteiger partial charge in [0.25, 0.3) is 5.91 Å². The Morgan fingerprint density at radius 3 is 2.81 bits per heavy atom. The minimum absolute atomic E-state index is 0.0913. The van der Waals surface area contributed by atoms with Crippen LogP contribution < -0.4 is 14.8 Å². The number of carbonyl (C=O) groups excluding carboxylic acids is 2. The Bertz CT molecular complexity index is 699. The van der Waals surface area contributed by atoms with Crippen LogP contribution in [0.25, 0.3) is 0 Å². The van der Waals surface area contributed by atoms with Gasteiger partial charge in [0, 0.05) is 12.5 Å². The van der Waals surface area contributed by atoms with E-state index in [1.807, 2.05) is 0 Å². The van der Waals surface area contributed by atoms with Crippen molar-refractivity contribution in [1.29, 1.82) is 0 Å². The van der Waals surface area contributed by atoms with Crippen molar-refractivity contribution in [1.82, 2.24) is 4.90 Å². The average Bonchev–Trinajstić information content (AvgIpc) is 3.09. The second-order valence-electron chi connectivity index (χ2n) is 5.06. The van der Waals surface area contributed by atoms with E-state index in [0.717, 1.165) is 0 Å². The van der Waals surface area contributed by atoms with Crippen molar-refractivity contribution in [3.05, 3.63) is 17.7 Å². The first kappa shape index (κ1) is 12.0. The number of anilines is 1. The van der Waals surface area contributed by atoms with Gasteiger partial charge in [-0.05, 0) is 6.07 Å². The number of benzene rings is 1. The molecule has 2 amide bonds. The Hall–Kier alpha value is -2.77. The molecule has 0 spiro atoms. The van der Waals surface area contributed by atoms with Crippen LogP contribution in [-0.4, -0.2) is 47.0 Å². The molecule has 21 heavy (non-hydrogen) atoms. The Labute approximate surface area is 118 Å². The topological polar surface area (TPSA) is 100 Å². The standard InChI is InChI=1S/C13H11N3O5/c17-12-9-1-6(15-19)4-16(9)13(18)7-2-10-11(21-5-20-10)3-8(7)14-12/h2-3,9,19H,1,4-5H2,(H,14,17)/b15-6+. The van der Waals surface area contributed by atoms with Gasteiger partial charge in [0.1, 0.15) is 6.04 Å². The van der Waals surface area contributed by atoms with Crippen molar-refractivity contribution < 1.29 is 24.3 Å². The molecule has 3 aliphatic heterocycles. The van der Waals surface area contributed by atoms with Gasteiger partial charge in [-0.15, -0.1) is 0 Å². The molecule has 1 fully saturated rings. The molecule has 3 heterocycles. The van der Waals surface area contributed by atoms with Crippen molar-refractivity contribution in [2.24, 2.45) is 5.16 Å². The summed E-state index contributed by atoms with van der Waals surface area (Å²) in [6.07, 6.45) is 0.231. The molecule has 8 heteroatoms. The van der Waals surface area contributed by atoms with E-state index < -0.39 is 6.04 Å². The molecule has 0 aliphatic carbocycles. The Balaban J connectivity index is 1.82. The number of nitrogens with one attached hydrogen (secondary N) is 1. The molecule has 8 nitrogen and oxygen atoms in total. The third-order valence-corrected chi connectivity index (χ3v) is 3.86. The van der Waals surface area contributed by atoms with Crippen molar-refractivity contribution in [3.8, 4) is 11.5 Å². The van der Waals surface area contributed by atoms with Crippen LogP contribution in [0.1, 0.15) is 16.8 Å². The number of oxime groups is 1. The van der Waals surface area contributed by atoms with Crippen LogP contribution in [0.2, 0.25) is 0 Å². The van der Waals surface area contributed by atoms with Crippen molar-refractivity contribution in [2.45, 2.75) is 12.5 Å². The van der Waals surface area contributed by atoms with E-state index in [9.17, 15) is 9.59 Å². The van der Waals surface area contributed by atoms with Gasteiger partial charge in [0.05, 0.1) is 23.5 Å². The van der Waals surface area contributed by atoms with E-state index in [-0.39, 0.29) is 31.6 Å². The van der Waals surface area contributed by atoms with Gasteiger partial charge in [-0.2, -0.15) is 0 Å². The lowest BCUT2D eigenvalue weighted by atomic mass is 10.1. The molecule has 1 atom stereocenters. The fourth-order valence-electron chi connectivity index (χ4n) is 2.82. The van der Waals surface area contributed by atoms with Crippen molar-refractivity contribution in [3.63, 3.8) is 0 Å². The average molecular weight is 289 g/mol.